The first-order chi connectivity index (χ1) is 14.0. The van der Waals surface area contributed by atoms with Crippen molar-refractivity contribution in [3.63, 3.8) is 0 Å². The highest BCUT2D eigenvalue weighted by molar-refractivity contribution is 9.10. The van der Waals surface area contributed by atoms with Crippen molar-refractivity contribution in [2.24, 2.45) is 0 Å². The van der Waals surface area contributed by atoms with Crippen LogP contribution in [0.25, 0.3) is 38.8 Å². The Morgan fingerprint density at radius 1 is 0.862 bits per heavy atom. The van der Waals surface area contributed by atoms with E-state index in [0.29, 0.717) is 0 Å². The molecule has 2 aromatic heterocycles. The van der Waals surface area contributed by atoms with Crippen LogP contribution < -0.4 is 0 Å². The first kappa shape index (κ1) is 18.0. The predicted octanol–water partition coefficient (Wildman–Crippen LogP) is 6.76. The van der Waals surface area contributed by atoms with E-state index in [4.69, 9.17) is 5.10 Å². The quantitative estimate of drug-likeness (QED) is 0.300. The molecule has 29 heavy (non-hydrogen) atoms. The van der Waals surface area contributed by atoms with Crippen LogP contribution in [-0.4, -0.2) is 14.8 Å². The molecule has 5 heteroatoms. The van der Waals surface area contributed by atoms with Gasteiger partial charge in [-0.05, 0) is 67.4 Å². The maximum Gasteiger partial charge on any atom is 0.124 e. The Morgan fingerprint density at radius 2 is 1.66 bits per heavy atom. The van der Waals surface area contributed by atoms with E-state index in [1.54, 1.807) is 6.07 Å². The van der Waals surface area contributed by atoms with Gasteiger partial charge in [-0.25, -0.2) is 9.07 Å². The number of fused-ring (bicyclic) bond motifs is 3. The van der Waals surface area contributed by atoms with Crippen LogP contribution in [0.5, 0.6) is 0 Å². The summed E-state index contributed by atoms with van der Waals surface area (Å²) in [5, 5.41) is 6.59. The number of pyridine rings is 1. The lowest BCUT2D eigenvalue weighted by molar-refractivity contribution is 0.629. The van der Waals surface area contributed by atoms with Gasteiger partial charge in [-0.3, -0.25) is 4.98 Å². The van der Waals surface area contributed by atoms with Gasteiger partial charge in [-0.1, -0.05) is 34.1 Å². The van der Waals surface area contributed by atoms with Crippen molar-refractivity contribution in [1.29, 1.82) is 0 Å². The largest absolute Gasteiger partial charge is 0.255 e. The Labute approximate surface area is 175 Å². The SMILES string of the molecule is Cc1ccc(-n2nc(-c3ccc(Br)cc3)c3cnc4ccc(F)cc4c32)cc1C. The first-order valence-corrected chi connectivity index (χ1v) is 10.1. The molecule has 0 spiro atoms. The Bertz CT molecular complexity index is 1390. The molecule has 0 bridgehead atoms. The third kappa shape index (κ3) is 3.02. The average molecular weight is 446 g/mol. The maximum atomic E-state index is 14.1. The molecule has 142 valence electrons. The third-order valence-electron chi connectivity index (χ3n) is 5.32. The fraction of sp³-hybridized carbons (Fsp3) is 0.0833. The molecule has 0 unspecified atom stereocenters. The molecule has 0 N–H and O–H groups in total. The van der Waals surface area contributed by atoms with E-state index in [0.717, 1.165) is 43.2 Å². The van der Waals surface area contributed by atoms with E-state index in [9.17, 15) is 4.39 Å². The van der Waals surface area contributed by atoms with E-state index in [2.05, 4.69) is 46.9 Å². The van der Waals surface area contributed by atoms with Crippen LogP contribution in [0.1, 0.15) is 11.1 Å². The van der Waals surface area contributed by atoms with Crippen molar-refractivity contribution in [3.05, 3.63) is 88.3 Å². The van der Waals surface area contributed by atoms with Crippen LogP contribution in [0.4, 0.5) is 4.39 Å². The van der Waals surface area contributed by atoms with Gasteiger partial charge < -0.3 is 0 Å². The molecule has 5 rings (SSSR count). The summed E-state index contributed by atoms with van der Waals surface area (Å²) in [6.07, 6.45) is 1.83. The lowest BCUT2D eigenvalue weighted by Gasteiger charge is -2.08. The van der Waals surface area contributed by atoms with Gasteiger partial charge in [-0.15, -0.1) is 0 Å². The number of aromatic nitrogens is 3. The van der Waals surface area contributed by atoms with Gasteiger partial charge in [0.05, 0.1) is 16.7 Å². The van der Waals surface area contributed by atoms with Gasteiger partial charge in [0.15, 0.2) is 0 Å². The number of aryl methyl sites for hydroxylation is 2. The number of benzene rings is 3. The average Bonchev–Trinajstić information content (AvgIpc) is 3.11. The van der Waals surface area contributed by atoms with Crippen molar-refractivity contribution in [2.75, 3.05) is 0 Å². The summed E-state index contributed by atoms with van der Waals surface area (Å²) in [6, 6.07) is 18.9. The van der Waals surface area contributed by atoms with Crippen molar-refractivity contribution in [1.82, 2.24) is 14.8 Å². The first-order valence-electron chi connectivity index (χ1n) is 9.32. The number of nitrogens with zero attached hydrogens (tertiary/aromatic N) is 3. The second-order valence-corrected chi connectivity index (χ2v) is 8.13. The number of hydrogen-bond donors (Lipinski definition) is 0. The normalized spacial score (nSPS) is 11.4. The predicted molar refractivity (Wildman–Crippen MR) is 119 cm³/mol. The van der Waals surface area contributed by atoms with Crippen LogP contribution in [0, 0.1) is 19.7 Å². The summed E-state index contributed by atoms with van der Waals surface area (Å²) in [7, 11) is 0. The molecule has 0 aliphatic heterocycles. The molecule has 3 aromatic carbocycles. The Morgan fingerprint density at radius 3 is 2.41 bits per heavy atom. The molecule has 0 amide bonds. The molecule has 0 fully saturated rings. The molecule has 0 atom stereocenters. The molecule has 0 saturated carbocycles. The van der Waals surface area contributed by atoms with Crippen LogP contribution in [0.2, 0.25) is 0 Å². The fourth-order valence-electron chi connectivity index (χ4n) is 3.62. The van der Waals surface area contributed by atoms with Crippen molar-refractivity contribution in [2.45, 2.75) is 13.8 Å². The van der Waals surface area contributed by atoms with Gasteiger partial charge in [0.25, 0.3) is 0 Å². The van der Waals surface area contributed by atoms with Gasteiger partial charge in [0.1, 0.15) is 11.5 Å². The topological polar surface area (TPSA) is 30.7 Å². The van der Waals surface area contributed by atoms with Crippen LogP contribution in [0.3, 0.4) is 0 Å². The van der Waals surface area contributed by atoms with E-state index < -0.39 is 0 Å². The summed E-state index contributed by atoms with van der Waals surface area (Å²) in [5.74, 6) is -0.287. The van der Waals surface area contributed by atoms with Gasteiger partial charge in [-0.2, -0.15) is 5.10 Å². The monoisotopic (exact) mass is 445 g/mol. The maximum absolute atomic E-state index is 14.1. The van der Waals surface area contributed by atoms with Crippen LogP contribution in [0.15, 0.2) is 71.3 Å². The van der Waals surface area contributed by atoms with E-state index >= 15 is 0 Å². The van der Waals surface area contributed by atoms with E-state index in [1.807, 2.05) is 41.2 Å². The van der Waals surface area contributed by atoms with Crippen molar-refractivity contribution >= 4 is 37.7 Å². The summed E-state index contributed by atoms with van der Waals surface area (Å²) in [6.45, 7) is 4.17. The zero-order chi connectivity index (χ0) is 20.1. The Balaban J connectivity index is 1.90. The zero-order valence-electron chi connectivity index (χ0n) is 15.9. The van der Waals surface area contributed by atoms with Gasteiger partial charge in [0.2, 0.25) is 0 Å². The summed E-state index contributed by atoms with van der Waals surface area (Å²) >= 11 is 3.49. The molecule has 2 heterocycles. The highest BCUT2D eigenvalue weighted by Gasteiger charge is 2.17. The molecule has 0 radical (unpaired) electrons. The highest BCUT2D eigenvalue weighted by atomic mass is 79.9. The molecule has 5 aromatic rings. The zero-order valence-corrected chi connectivity index (χ0v) is 17.5. The van der Waals surface area contributed by atoms with Crippen molar-refractivity contribution in [3.8, 4) is 16.9 Å². The number of halogens is 2. The van der Waals surface area contributed by atoms with Crippen LogP contribution >= 0.6 is 15.9 Å². The number of hydrogen-bond acceptors (Lipinski definition) is 2. The molecular weight excluding hydrogens is 429 g/mol. The fourth-order valence-corrected chi connectivity index (χ4v) is 3.89. The minimum atomic E-state index is -0.287. The summed E-state index contributed by atoms with van der Waals surface area (Å²) in [5.41, 5.74) is 6.75. The minimum absolute atomic E-state index is 0.287. The highest BCUT2D eigenvalue weighted by Crippen LogP contribution is 2.34. The Kier molecular flexibility index (Phi) is 4.21. The Hall–Kier alpha value is -3.05. The van der Waals surface area contributed by atoms with Crippen LogP contribution in [-0.2, 0) is 0 Å². The molecule has 0 aliphatic carbocycles. The van der Waals surface area contributed by atoms with Gasteiger partial charge >= 0.3 is 0 Å². The van der Waals surface area contributed by atoms with E-state index in [1.165, 1.54) is 23.3 Å². The molecule has 0 saturated heterocycles. The second-order valence-electron chi connectivity index (χ2n) is 7.22. The standard InChI is InChI=1S/C24H17BrFN3/c1-14-3-9-19(11-15(14)2)29-24-20-12-18(26)8-10-22(20)27-13-21(24)23(28-29)16-4-6-17(25)7-5-16/h3-13H,1-2H3. The van der Waals surface area contributed by atoms with Gasteiger partial charge in [0, 0.05) is 27.0 Å². The van der Waals surface area contributed by atoms with E-state index in [-0.39, 0.29) is 5.82 Å². The summed E-state index contributed by atoms with van der Waals surface area (Å²) in [4.78, 5) is 4.56. The smallest absolute Gasteiger partial charge is 0.124 e. The second kappa shape index (κ2) is 6.78. The third-order valence-corrected chi connectivity index (χ3v) is 5.85. The minimum Gasteiger partial charge on any atom is -0.255 e. The lowest BCUT2D eigenvalue weighted by Crippen LogP contribution is -1.98. The number of rotatable bonds is 2. The molecule has 0 aliphatic rings. The molecular formula is C24H17BrFN3. The summed E-state index contributed by atoms with van der Waals surface area (Å²) < 4.78 is 17.0. The van der Waals surface area contributed by atoms with Crippen molar-refractivity contribution < 1.29 is 4.39 Å². The lowest BCUT2D eigenvalue weighted by atomic mass is 10.1. The molecule has 3 nitrogen and oxygen atoms in total.